The minimum atomic E-state index is -0.898. The maximum absolute atomic E-state index is 13.2. The van der Waals surface area contributed by atoms with Crippen molar-refractivity contribution in [3.8, 4) is 5.75 Å². The van der Waals surface area contributed by atoms with Gasteiger partial charge in [-0.15, -0.1) is 0 Å². The van der Waals surface area contributed by atoms with Crippen molar-refractivity contribution in [3.63, 3.8) is 0 Å². The van der Waals surface area contributed by atoms with Gasteiger partial charge in [-0.05, 0) is 35.9 Å². The predicted octanol–water partition coefficient (Wildman–Crippen LogP) is 3.68. The second-order valence-corrected chi connectivity index (χ2v) is 4.70. The average Bonchev–Trinajstić information content (AvgIpc) is 2.41. The van der Waals surface area contributed by atoms with E-state index in [0.29, 0.717) is 21.3 Å². The minimum Gasteiger partial charge on any atom is -0.497 e. The summed E-state index contributed by atoms with van der Waals surface area (Å²) in [5, 5.41) is 10.3. The van der Waals surface area contributed by atoms with Crippen LogP contribution >= 0.6 is 15.9 Å². The number of methoxy groups -OCH3 is 1. The fourth-order valence-electron chi connectivity index (χ4n) is 1.72. The number of ether oxygens (including phenoxy) is 1. The van der Waals surface area contributed by atoms with Gasteiger partial charge in [-0.1, -0.05) is 28.1 Å². The lowest BCUT2D eigenvalue weighted by Gasteiger charge is -2.14. The normalized spacial score (nSPS) is 12.2. The van der Waals surface area contributed by atoms with Crippen molar-refractivity contribution in [3.05, 3.63) is 63.9 Å². The lowest BCUT2D eigenvalue weighted by molar-refractivity contribution is 0.218. The summed E-state index contributed by atoms with van der Waals surface area (Å²) in [5.41, 5.74) is 1.14. The summed E-state index contributed by atoms with van der Waals surface area (Å²) in [6.45, 7) is 0. The van der Waals surface area contributed by atoms with E-state index in [4.69, 9.17) is 4.74 Å². The van der Waals surface area contributed by atoms with Crippen LogP contribution in [0, 0.1) is 5.82 Å². The molecule has 0 bridgehead atoms. The van der Waals surface area contributed by atoms with Crippen LogP contribution in [-0.2, 0) is 0 Å². The lowest BCUT2D eigenvalue weighted by atomic mass is 10.0. The van der Waals surface area contributed by atoms with Crippen LogP contribution in [0.1, 0.15) is 17.2 Å². The highest BCUT2D eigenvalue weighted by Crippen LogP contribution is 2.30. The van der Waals surface area contributed by atoms with E-state index in [-0.39, 0.29) is 5.82 Å². The van der Waals surface area contributed by atoms with Crippen molar-refractivity contribution >= 4 is 15.9 Å². The molecule has 0 radical (unpaired) electrons. The van der Waals surface area contributed by atoms with Crippen LogP contribution in [0.25, 0.3) is 0 Å². The van der Waals surface area contributed by atoms with Crippen LogP contribution in [-0.4, -0.2) is 12.2 Å². The van der Waals surface area contributed by atoms with Crippen LogP contribution in [0.5, 0.6) is 5.75 Å². The predicted molar refractivity (Wildman–Crippen MR) is 71.2 cm³/mol. The van der Waals surface area contributed by atoms with Crippen LogP contribution in [0.15, 0.2) is 46.9 Å². The Labute approximate surface area is 113 Å². The van der Waals surface area contributed by atoms with E-state index in [1.165, 1.54) is 12.1 Å². The van der Waals surface area contributed by atoms with Gasteiger partial charge < -0.3 is 9.84 Å². The van der Waals surface area contributed by atoms with E-state index in [9.17, 15) is 9.50 Å². The van der Waals surface area contributed by atoms with Crippen molar-refractivity contribution < 1.29 is 14.2 Å². The minimum absolute atomic E-state index is 0.379. The SMILES string of the molecule is COc1cccc(C(O)c2cc(F)ccc2Br)c1. The van der Waals surface area contributed by atoms with Gasteiger partial charge >= 0.3 is 0 Å². The Hall–Kier alpha value is -1.39. The first-order valence-corrected chi connectivity index (χ1v) is 6.18. The number of aliphatic hydroxyl groups is 1. The molecule has 1 atom stereocenters. The molecule has 2 nitrogen and oxygen atoms in total. The Morgan fingerprint density at radius 2 is 2.00 bits per heavy atom. The van der Waals surface area contributed by atoms with E-state index in [0.717, 1.165) is 0 Å². The lowest BCUT2D eigenvalue weighted by Crippen LogP contribution is -2.01. The van der Waals surface area contributed by atoms with Crippen molar-refractivity contribution in [1.82, 2.24) is 0 Å². The standard InChI is InChI=1S/C14H12BrFO2/c1-18-11-4-2-3-9(7-11)14(17)12-8-10(16)5-6-13(12)15/h2-8,14,17H,1H3. The highest BCUT2D eigenvalue weighted by molar-refractivity contribution is 9.10. The third-order valence-corrected chi connectivity index (χ3v) is 3.38. The van der Waals surface area contributed by atoms with Gasteiger partial charge in [-0.25, -0.2) is 4.39 Å². The number of benzene rings is 2. The summed E-state index contributed by atoms with van der Waals surface area (Å²) in [6, 6.07) is 11.3. The quantitative estimate of drug-likeness (QED) is 0.937. The number of aliphatic hydroxyl groups excluding tert-OH is 1. The fourth-order valence-corrected chi connectivity index (χ4v) is 2.18. The van der Waals surface area contributed by atoms with E-state index in [1.807, 2.05) is 0 Å². The Balaban J connectivity index is 2.40. The van der Waals surface area contributed by atoms with E-state index in [2.05, 4.69) is 15.9 Å². The molecule has 0 aliphatic carbocycles. The number of rotatable bonds is 3. The molecule has 1 unspecified atom stereocenters. The Bertz CT molecular complexity index is 557. The van der Waals surface area contributed by atoms with Gasteiger partial charge in [0.05, 0.1) is 7.11 Å². The molecule has 2 aromatic rings. The maximum Gasteiger partial charge on any atom is 0.123 e. The van der Waals surface area contributed by atoms with E-state index < -0.39 is 6.10 Å². The molecule has 0 spiro atoms. The fraction of sp³-hybridized carbons (Fsp3) is 0.143. The van der Waals surface area contributed by atoms with Crippen molar-refractivity contribution in [1.29, 1.82) is 0 Å². The third-order valence-electron chi connectivity index (χ3n) is 2.66. The number of hydrogen-bond acceptors (Lipinski definition) is 2. The van der Waals surface area contributed by atoms with E-state index >= 15 is 0 Å². The van der Waals surface area contributed by atoms with Crippen LogP contribution < -0.4 is 4.74 Å². The highest BCUT2D eigenvalue weighted by Gasteiger charge is 2.15. The monoisotopic (exact) mass is 310 g/mol. The average molecular weight is 311 g/mol. The smallest absolute Gasteiger partial charge is 0.123 e. The summed E-state index contributed by atoms with van der Waals surface area (Å²) in [4.78, 5) is 0. The molecule has 0 fully saturated rings. The van der Waals surface area contributed by atoms with Crippen molar-refractivity contribution in [2.45, 2.75) is 6.10 Å². The second kappa shape index (κ2) is 5.50. The Morgan fingerprint density at radius 1 is 1.22 bits per heavy atom. The molecule has 1 N–H and O–H groups in total. The van der Waals surface area contributed by atoms with Gasteiger partial charge in [0.2, 0.25) is 0 Å². The van der Waals surface area contributed by atoms with Gasteiger partial charge in [-0.3, -0.25) is 0 Å². The molecule has 0 aromatic heterocycles. The Kier molecular flexibility index (Phi) is 3.99. The van der Waals surface area contributed by atoms with Gasteiger partial charge in [-0.2, -0.15) is 0 Å². The molecule has 0 amide bonds. The molecular formula is C14H12BrFO2. The molecule has 0 saturated heterocycles. The van der Waals surface area contributed by atoms with Crippen LogP contribution in [0.2, 0.25) is 0 Å². The summed E-state index contributed by atoms with van der Waals surface area (Å²) in [5.74, 6) is 0.272. The van der Waals surface area contributed by atoms with Gasteiger partial charge in [0.25, 0.3) is 0 Å². The largest absolute Gasteiger partial charge is 0.497 e. The first kappa shape index (κ1) is 13.1. The topological polar surface area (TPSA) is 29.5 Å². The first-order valence-electron chi connectivity index (χ1n) is 5.39. The zero-order chi connectivity index (χ0) is 13.1. The zero-order valence-corrected chi connectivity index (χ0v) is 11.3. The van der Waals surface area contributed by atoms with Crippen molar-refractivity contribution in [2.24, 2.45) is 0 Å². The molecule has 4 heteroatoms. The molecule has 2 rings (SSSR count). The molecule has 0 aliphatic rings. The summed E-state index contributed by atoms with van der Waals surface area (Å²) in [6.07, 6.45) is -0.898. The molecule has 0 heterocycles. The zero-order valence-electron chi connectivity index (χ0n) is 9.73. The highest BCUT2D eigenvalue weighted by atomic mass is 79.9. The molecule has 2 aromatic carbocycles. The Morgan fingerprint density at radius 3 is 2.72 bits per heavy atom. The number of halogens is 2. The maximum atomic E-state index is 13.2. The molecule has 0 aliphatic heterocycles. The first-order chi connectivity index (χ1) is 8.61. The number of hydrogen-bond donors (Lipinski definition) is 1. The second-order valence-electron chi connectivity index (χ2n) is 3.84. The van der Waals surface area contributed by atoms with Crippen molar-refractivity contribution in [2.75, 3.05) is 7.11 Å². The molecule has 18 heavy (non-hydrogen) atoms. The van der Waals surface area contributed by atoms with Gasteiger partial charge in [0.15, 0.2) is 0 Å². The molecule has 0 saturated carbocycles. The summed E-state index contributed by atoms with van der Waals surface area (Å²) in [7, 11) is 1.56. The van der Waals surface area contributed by atoms with E-state index in [1.54, 1.807) is 37.4 Å². The van der Waals surface area contributed by atoms with Gasteiger partial charge in [0.1, 0.15) is 17.7 Å². The molecule has 94 valence electrons. The summed E-state index contributed by atoms with van der Waals surface area (Å²) >= 11 is 3.31. The molecular weight excluding hydrogens is 299 g/mol. The van der Waals surface area contributed by atoms with Gasteiger partial charge in [0, 0.05) is 10.0 Å². The van der Waals surface area contributed by atoms with Crippen LogP contribution in [0.4, 0.5) is 4.39 Å². The summed E-state index contributed by atoms with van der Waals surface area (Å²) < 4.78 is 19.0. The van der Waals surface area contributed by atoms with Crippen LogP contribution in [0.3, 0.4) is 0 Å². The third kappa shape index (κ3) is 2.71.